The predicted molar refractivity (Wildman–Crippen MR) is 174 cm³/mol. The van der Waals surface area contributed by atoms with Gasteiger partial charge < -0.3 is 13.9 Å². The SMILES string of the molecule is C[N+](C)(C)CCCN1C=C/C(=C/C=C\c2sc3c4ccccc4ccc3[n+]2CCC[N+](C)(C)C)c2ccccc21. The van der Waals surface area contributed by atoms with Gasteiger partial charge in [0.1, 0.15) is 4.70 Å². The van der Waals surface area contributed by atoms with Gasteiger partial charge in [-0.15, -0.1) is 0 Å². The molecule has 0 aliphatic carbocycles. The standard InChI is InChI=1S/C35H45N4S/c1-38(2,3)26-12-23-36-25-22-29(30-16-9-10-18-32(30)36)15-11-19-34-37(24-13-27-39(4,5)6)33-21-20-28-14-7-8-17-31(28)35(33)40-34/h7-11,14-22,25H,12-13,23-24,26-27H2,1-6H3/q+3. The molecule has 5 heteroatoms. The monoisotopic (exact) mass is 553 g/mol. The highest BCUT2D eigenvalue weighted by Gasteiger charge is 2.22. The van der Waals surface area contributed by atoms with E-state index in [1.54, 1.807) is 0 Å². The van der Waals surface area contributed by atoms with Gasteiger partial charge in [-0.3, -0.25) is 0 Å². The Labute approximate surface area is 244 Å². The molecule has 0 radical (unpaired) electrons. The second-order valence-corrected chi connectivity index (χ2v) is 14.0. The van der Waals surface area contributed by atoms with E-state index < -0.39 is 0 Å². The van der Waals surface area contributed by atoms with Gasteiger partial charge in [-0.25, -0.2) is 0 Å². The largest absolute Gasteiger partial charge is 0.347 e. The summed E-state index contributed by atoms with van der Waals surface area (Å²) in [4.78, 5) is 2.41. The van der Waals surface area contributed by atoms with Crippen LogP contribution in [0.25, 0.3) is 32.6 Å². The molecule has 5 rings (SSSR count). The molecule has 0 amide bonds. The van der Waals surface area contributed by atoms with Gasteiger partial charge in [-0.05, 0) is 29.2 Å². The number of allylic oxidation sites excluding steroid dienone is 4. The van der Waals surface area contributed by atoms with Gasteiger partial charge in [0.2, 0.25) is 5.52 Å². The molecule has 1 aliphatic rings. The highest BCUT2D eigenvalue weighted by Crippen LogP contribution is 2.33. The molecule has 0 saturated heterocycles. The van der Waals surface area contributed by atoms with Crippen LogP contribution in [-0.4, -0.2) is 70.9 Å². The van der Waals surface area contributed by atoms with E-state index in [9.17, 15) is 0 Å². The summed E-state index contributed by atoms with van der Waals surface area (Å²) in [6.45, 7) is 4.37. The number of nitrogens with zero attached hydrogens (tertiary/aromatic N) is 4. The molecule has 1 aromatic heterocycles. The molecular formula is C35H45N4S+3. The minimum atomic E-state index is 0.987. The second kappa shape index (κ2) is 11.7. The van der Waals surface area contributed by atoms with E-state index in [-0.39, 0.29) is 0 Å². The van der Waals surface area contributed by atoms with Crippen LogP contribution in [0.1, 0.15) is 23.4 Å². The van der Waals surface area contributed by atoms with E-state index >= 15 is 0 Å². The molecule has 0 saturated carbocycles. The van der Waals surface area contributed by atoms with Crippen molar-refractivity contribution in [1.82, 2.24) is 0 Å². The fraction of sp³-hybridized carbons (Fsp3) is 0.343. The smallest absolute Gasteiger partial charge is 0.262 e. The number of hydrogen-bond acceptors (Lipinski definition) is 2. The summed E-state index contributed by atoms with van der Waals surface area (Å²) < 4.78 is 5.89. The van der Waals surface area contributed by atoms with Crippen molar-refractivity contribution in [2.45, 2.75) is 19.4 Å². The van der Waals surface area contributed by atoms with Gasteiger partial charge >= 0.3 is 0 Å². The number of aromatic nitrogens is 1. The third-order valence-electron chi connectivity index (χ3n) is 7.53. The molecule has 0 bridgehead atoms. The quantitative estimate of drug-likeness (QED) is 0.152. The van der Waals surface area contributed by atoms with Crippen molar-refractivity contribution < 1.29 is 13.5 Å². The number of quaternary nitrogens is 2. The Morgan fingerprint density at radius 1 is 0.825 bits per heavy atom. The molecule has 40 heavy (non-hydrogen) atoms. The number of thiazole rings is 1. The van der Waals surface area contributed by atoms with Crippen molar-refractivity contribution in [3.63, 3.8) is 0 Å². The number of hydrogen-bond donors (Lipinski definition) is 0. The molecule has 1 aliphatic heterocycles. The van der Waals surface area contributed by atoms with Crippen molar-refractivity contribution in [3.05, 3.63) is 95.7 Å². The highest BCUT2D eigenvalue weighted by atomic mass is 32.1. The molecule has 208 valence electrons. The molecule has 0 atom stereocenters. The first-order valence-electron chi connectivity index (χ1n) is 14.5. The maximum Gasteiger partial charge on any atom is 0.262 e. The van der Waals surface area contributed by atoms with Gasteiger partial charge in [0, 0.05) is 47.9 Å². The molecular weight excluding hydrogens is 508 g/mol. The van der Waals surface area contributed by atoms with Crippen LogP contribution in [0, 0.1) is 0 Å². The van der Waals surface area contributed by atoms with Crippen molar-refractivity contribution in [2.75, 3.05) is 66.8 Å². The van der Waals surface area contributed by atoms with Crippen LogP contribution >= 0.6 is 11.3 Å². The third-order valence-corrected chi connectivity index (χ3v) is 8.73. The zero-order chi connectivity index (χ0) is 28.3. The first kappa shape index (κ1) is 28.3. The number of para-hydroxylation sites is 1. The van der Waals surface area contributed by atoms with Crippen molar-refractivity contribution in [3.8, 4) is 0 Å². The van der Waals surface area contributed by atoms with E-state index in [0.29, 0.717) is 0 Å². The zero-order valence-electron chi connectivity index (χ0n) is 25.1. The van der Waals surface area contributed by atoms with Crippen LogP contribution in [0.15, 0.2) is 85.1 Å². The number of aryl methyl sites for hydroxylation is 1. The van der Waals surface area contributed by atoms with Crippen molar-refractivity contribution in [1.29, 1.82) is 0 Å². The van der Waals surface area contributed by atoms with Gasteiger partial charge in [-0.2, -0.15) is 4.57 Å². The Hall–Kier alpha value is -3.25. The fourth-order valence-electron chi connectivity index (χ4n) is 5.49. The summed E-state index contributed by atoms with van der Waals surface area (Å²) in [6.07, 6.45) is 13.7. The number of benzene rings is 3. The Balaban J connectivity index is 1.44. The van der Waals surface area contributed by atoms with E-state index in [0.717, 1.165) is 48.0 Å². The normalized spacial score (nSPS) is 15.2. The summed E-state index contributed by atoms with van der Waals surface area (Å²) >= 11 is 1.91. The maximum atomic E-state index is 2.53. The fourth-order valence-corrected chi connectivity index (χ4v) is 6.72. The molecule has 2 heterocycles. The number of fused-ring (bicyclic) bond motifs is 4. The van der Waals surface area contributed by atoms with Gasteiger partial charge in [0.25, 0.3) is 5.01 Å². The van der Waals surface area contributed by atoms with Crippen LogP contribution in [0.2, 0.25) is 0 Å². The summed E-state index contributed by atoms with van der Waals surface area (Å²) in [7, 11) is 13.6. The lowest BCUT2D eigenvalue weighted by Gasteiger charge is -2.29. The Kier molecular flexibility index (Phi) is 8.27. The third kappa shape index (κ3) is 6.72. The van der Waals surface area contributed by atoms with Gasteiger partial charge in [0.15, 0.2) is 6.54 Å². The second-order valence-electron chi connectivity index (χ2n) is 13.0. The molecule has 4 nitrogen and oxygen atoms in total. The molecule has 4 aromatic rings. The van der Waals surface area contributed by atoms with Crippen LogP contribution in [0.3, 0.4) is 0 Å². The Morgan fingerprint density at radius 2 is 1.55 bits per heavy atom. The average molecular weight is 554 g/mol. The Bertz CT molecular complexity index is 1580. The number of anilines is 1. The van der Waals surface area contributed by atoms with Crippen molar-refractivity contribution >= 4 is 49.7 Å². The lowest BCUT2D eigenvalue weighted by Crippen LogP contribution is -2.40. The average Bonchev–Trinajstić information content (AvgIpc) is 3.26. The van der Waals surface area contributed by atoms with Crippen LogP contribution in [-0.2, 0) is 6.54 Å². The number of rotatable bonds is 10. The van der Waals surface area contributed by atoms with E-state index in [1.165, 1.54) is 42.8 Å². The van der Waals surface area contributed by atoms with E-state index in [2.05, 4.69) is 143 Å². The molecule has 3 aromatic carbocycles. The molecule has 0 unspecified atom stereocenters. The first-order valence-corrected chi connectivity index (χ1v) is 15.3. The minimum Gasteiger partial charge on any atom is -0.347 e. The summed E-state index contributed by atoms with van der Waals surface area (Å²) in [6, 6.07) is 22.1. The first-order chi connectivity index (χ1) is 19.1. The van der Waals surface area contributed by atoms with E-state index in [1.807, 2.05) is 11.3 Å². The zero-order valence-corrected chi connectivity index (χ0v) is 25.9. The maximum absolute atomic E-state index is 2.53. The topological polar surface area (TPSA) is 7.12 Å². The van der Waals surface area contributed by atoms with Crippen LogP contribution in [0.4, 0.5) is 5.69 Å². The summed E-state index contributed by atoms with van der Waals surface area (Å²) in [5.74, 6) is 0. The predicted octanol–water partition coefficient (Wildman–Crippen LogP) is 6.97. The van der Waals surface area contributed by atoms with Crippen molar-refractivity contribution in [2.24, 2.45) is 0 Å². The Morgan fingerprint density at radius 3 is 2.35 bits per heavy atom. The lowest BCUT2D eigenvalue weighted by molar-refractivity contribution is -0.873. The van der Waals surface area contributed by atoms with Crippen LogP contribution < -0.4 is 9.47 Å². The highest BCUT2D eigenvalue weighted by molar-refractivity contribution is 7.19. The lowest BCUT2D eigenvalue weighted by atomic mass is 9.99. The van der Waals surface area contributed by atoms with Gasteiger partial charge in [0.05, 0.1) is 61.8 Å². The summed E-state index contributed by atoms with van der Waals surface area (Å²) in [5.41, 5.74) is 5.20. The van der Waals surface area contributed by atoms with Crippen LogP contribution in [0.5, 0.6) is 0 Å². The minimum absolute atomic E-state index is 0.987. The van der Waals surface area contributed by atoms with E-state index in [4.69, 9.17) is 0 Å². The summed E-state index contributed by atoms with van der Waals surface area (Å²) in [5, 5.41) is 3.96. The van der Waals surface area contributed by atoms with Gasteiger partial charge in [-0.1, -0.05) is 66.0 Å². The molecule has 0 N–H and O–H groups in total. The molecule has 0 spiro atoms. The molecule has 0 fully saturated rings.